The van der Waals surface area contributed by atoms with Crippen molar-refractivity contribution in [2.75, 3.05) is 19.6 Å². The smallest absolute Gasteiger partial charge is 0.254 e. The van der Waals surface area contributed by atoms with Crippen molar-refractivity contribution in [1.29, 1.82) is 5.26 Å². The van der Waals surface area contributed by atoms with Gasteiger partial charge in [-0.15, -0.1) is 0 Å². The Morgan fingerprint density at radius 2 is 2.04 bits per heavy atom. The maximum atomic E-state index is 12.7. The topological polar surface area (TPSA) is 90.3 Å². The Balaban J connectivity index is 3.21. The van der Waals surface area contributed by atoms with Gasteiger partial charge in [-0.05, 0) is 38.5 Å². The Labute approximate surface area is 138 Å². The van der Waals surface area contributed by atoms with Gasteiger partial charge in [-0.25, -0.2) is 13.1 Å². The Kier molecular flexibility index (Phi) is 6.73. The Hall–Kier alpha value is -1.91. The van der Waals surface area contributed by atoms with E-state index in [4.69, 9.17) is 5.26 Å². The number of carbonyl (C=O) groups excluding carboxylic acids is 1. The van der Waals surface area contributed by atoms with Crippen LogP contribution in [0.4, 0.5) is 0 Å². The van der Waals surface area contributed by atoms with Crippen molar-refractivity contribution in [3.8, 4) is 6.07 Å². The van der Waals surface area contributed by atoms with Gasteiger partial charge in [0.05, 0.1) is 16.9 Å². The molecule has 1 N–H and O–H groups in total. The van der Waals surface area contributed by atoms with Gasteiger partial charge in [0.2, 0.25) is 10.0 Å². The number of aryl methyl sites for hydroxylation is 1. The second kappa shape index (κ2) is 8.09. The van der Waals surface area contributed by atoms with Gasteiger partial charge in [0.1, 0.15) is 0 Å². The molecule has 0 bridgehead atoms. The molecule has 126 valence electrons. The van der Waals surface area contributed by atoms with Crippen molar-refractivity contribution in [3.63, 3.8) is 0 Å². The standard InChI is InChI=1S/C16H23N3O3S/c1-5-18-23(21,22)14-8-7-13(4)15(9-14)16(20)19(6-2)11-12(3)10-17/h7-9,12,18H,5-6,11H2,1-4H3/t12-/m1/s1. The summed E-state index contributed by atoms with van der Waals surface area (Å²) in [5, 5.41) is 8.92. The van der Waals surface area contributed by atoms with E-state index in [1.54, 1.807) is 31.7 Å². The highest BCUT2D eigenvalue weighted by atomic mass is 32.2. The van der Waals surface area contributed by atoms with Crippen LogP contribution in [0.3, 0.4) is 0 Å². The lowest BCUT2D eigenvalue weighted by Gasteiger charge is -2.23. The van der Waals surface area contributed by atoms with Crippen LogP contribution < -0.4 is 4.72 Å². The summed E-state index contributed by atoms with van der Waals surface area (Å²) in [7, 11) is -3.62. The van der Waals surface area contributed by atoms with Crippen molar-refractivity contribution >= 4 is 15.9 Å². The van der Waals surface area contributed by atoms with E-state index in [0.717, 1.165) is 0 Å². The number of carbonyl (C=O) groups is 1. The summed E-state index contributed by atoms with van der Waals surface area (Å²) in [4.78, 5) is 14.3. The summed E-state index contributed by atoms with van der Waals surface area (Å²) in [6.07, 6.45) is 0. The van der Waals surface area contributed by atoms with E-state index >= 15 is 0 Å². The van der Waals surface area contributed by atoms with Crippen molar-refractivity contribution in [1.82, 2.24) is 9.62 Å². The monoisotopic (exact) mass is 337 g/mol. The fraction of sp³-hybridized carbons (Fsp3) is 0.500. The van der Waals surface area contributed by atoms with Crippen LogP contribution in [0.5, 0.6) is 0 Å². The van der Waals surface area contributed by atoms with Crippen LogP contribution in [0.2, 0.25) is 0 Å². The number of nitrogens with one attached hydrogen (secondary N) is 1. The lowest BCUT2D eigenvalue weighted by atomic mass is 10.1. The summed E-state index contributed by atoms with van der Waals surface area (Å²) >= 11 is 0. The number of hydrogen-bond donors (Lipinski definition) is 1. The third-order valence-electron chi connectivity index (χ3n) is 3.47. The molecule has 0 heterocycles. The van der Waals surface area contributed by atoms with Gasteiger partial charge in [-0.3, -0.25) is 4.79 Å². The summed E-state index contributed by atoms with van der Waals surface area (Å²) < 4.78 is 26.6. The van der Waals surface area contributed by atoms with E-state index in [9.17, 15) is 13.2 Å². The molecular weight excluding hydrogens is 314 g/mol. The molecule has 1 aromatic rings. The van der Waals surface area contributed by atoms with Crippen LogP contribution in [0.1, 0.15) is 36.7 Å². The van der Waals surface area contributed by atoms with Gasteiger partial charge in [-0.2, -0.15) is 5.26 Å². The minimum absolute atomic E-state index is 0.0673. The average molecular weight is 337 g/mol. The molecule has 0 aliphatic heterocycles. The maximum Gasteiger partial charge on any atom is 0.254 e. The lowest BCUT2D eigenvalue weighted by Crippen LogP contribution is -2.35. The first kappa shape index (κ1) is 19.1. The number of sulfonamides is 1. The van der Waals surface area contributed by atoms with E-state index < -0.39 is 10.0 Å². The average Bonchev–Trinajstić information content (AvgIpc) is 2.51. The number of hydrogen-bond acceptors (Lipinski definition) is 4. The number of rotatable bonds is 7. The number of amides is 1. The molecule has 0 radical (unpaired) electrons. The Bertz CT molecular complexity index is 708. The second-order valence-electron chi connectivity index (χ2n) is 5.35. The molecule has 1 atom stereocenters. The van der Waals surface area contributed by atoms with Crippen molar-refractivity contribution in [2.45, 2.75) is 32.6 Å². The van der Waals surface area contributed by atoms with Gasteiger partial charge in [0, 0.05) is 25.2 Å². The van der Waals surface area contributed by atoms with Gasteiger partial charge in [0.25, 0.3) is 5.91 Å². The molecule has 0 aliphatic carbocycles. The normalized spacial score (nSPS) is 12.5. The summed E-state index contributed by atoms with van der Waals surface area (Å²) in [6.45, 7) is 8.08. The highest BCUT2D eigenvalue weighted by Crippen LogP contribution is 2.18. The van der Waals surface area contributed by atoms with E-state index in [2.05, 4.69) is 10.8 Å². The first-order chi connectivity index (χ1) is 10.8. The molecule has 7 heteroatoms. The zero-order valence-corrected chi connectivity index (χ0v) is 14.8. The van der Waals surface area contributed by atoms with Crippen molar-refractivity contribution < 1.29 is 13.2 Å². The summed E-state index contributed by atoms with van der Waals surface area (Å²) in [6, 6.07) is 6.61. The molecule has 1 rings (SSSR count). The molecule has 23 heavy (non-hydrogen) atoms. The zero-order valence-electron chi connectivity index (χ0n) is 14.0. The zero-order chi connectivity index (χ0) is 17.6. The van der Waals surface area contributed by atoms with Crippen molar-refractivity contribution in [3.05, 3.63) is 29.3 Å². The van der Waals surface area contributed by atoms with E-state index in [1.807, 2.05) is 6.92 Å². The van der Waals surface area contributed by atoms with Gasteiger partial charge in [-0.1, -0.05) is 13.0 Å². The molecule has 6 nitrogen and oxygen atoms in total. The Morgan fingerprint density at radius 3 is 2.57 bits per heavy atom. The predicted molar refractivity (Wildman–Crippen MR) is 88.4 cm³/mol. The van der Waals surface area contributed by atoms with Crippen LogP contribution in [0.15, 0.2) is 23.1 Å². The van der Waals surface area contributed by atoms with E-state index in [0.29, 0.717) is 24.2 Å². The highest BCUT2D eigenvalue weighted by Gasteiger charge is 2.21. The van der Waals surface area contributed by atoms with E-state index in [1.165, 1.54) is 12.1 Å². The molecule has 0 aromatic heterocycles. The lowest BCUT2D eigenvalue weighted by molar-refractivity contribution is 0.0751. The summed E-state index contributed by atoms with van der Waals surface area (Å²) in [5.74, 6) is -0.548. The summed E-state index contributed by atoms with van der Waals surface area (Å²) in [5.41, 5.74) is 1.05. The predicted octanol–water partition coefficient (Wildman–Crippen LogP) is 1.91. The van der Waals surface area contributed by atoms with E-state index in [-0.39, 0.29) is 23.3 Å². The minimum Gasteiger partial charge on any atom is -0.338 e. The fourth-order valence-corrected chi connectivity index (χ4v) is 3.24. The van der Waals surface area contributed by atoms with Crippen LogP contribution >= 0.6 is 0 Å². The minimum atomic E-state index is -3.62. The molecule has 0 fully saturated rings. The Morgan fingerprint density at radius 1 is 1.39 bits per heavy atom. The van der Waals surface area contributed by atoms with Crippen LogP contribution in [0.25, 0.3) is 0 Å². The first-order valence-corrected chi connectivity index (χ1v) is 9.04. The third-order valence-corrected chi connectivity index (χ3v) is 5.01. The van der Waals surface area contributed by atoms with Crippen LogP contribution in [-0.2, 0) is 10.0 Å². The van der Waals surface area contributed by atoms with Crippen molar-refractivity contribution in [2.24, 2.45) is 5.92 Å². The fourth-order valence-electron chi connectivity index (χ4n) is 2.17. The molecule has 0 spiro atoms. The molecule has 0 saturated carbocycles. The largest absolute Gasteiger partial charge is 0.338 e. The van der Waals surface area contributed by atoms with Gasteiger partial charge >= 0.3 is 0 Å². The van der Waals surface area contributed by atoms with Crippen LogP contribution in [0, 0.1) is 24.2 Å². The molecule has 1 amide bonds. The molecule has 0 aliphatic rings. The highest BCUT2D eigenvalue weighted by molar-refractivity contribution is 7.89. The number of nitrogens with zero attached hydrogens (tertiary/aromatic N) is 2. The molecule has 0 saturated heterocycles. The quantitative estimate of drug-likeness (QED) is 0.823. The SMILES string of the molecule is CCNS(=O)(=O)c1ccc(C)c(C(=O)N(CC)C[C@H](C)C#N)c1. The second-order valence-corrected chi connectivity index (χ2v) is 7.12. The number of nitriles is 1. The number of benzene rings is 1. The molecular formula is C16H23N3O3S. The van der Waals surface area contributed by atoms with Crippen LogP contribution in [-0.4, -0.2) is 38.9 Å². The third kappa shape index (κ3) is 4.78. The van der Waals surface area contributed by atoms with Gasteiger partial charge in [0.15, 0.2) is 0 Å². The molecule has 0 unspecified atom stereocenters. The maximum absolute atomic E-state index is 12.7. The molecule has 1 aromatic carbocycles. The van der Waals surface area contributed by atoms with Gasteiger partial charge < -0.3 is 4.90 Å². The first-order valence-electron chi connectivity index (χ1n) is 7.56.